The molecular formula is C19H28N2O3S. The van der Waals surface area contributed by atoms with Crippen LogP contribution in [0.15, 0.2) is 17.5 Å². The Hall–Kier alpha value is -1.40. The SMILES string of the molecule is CC[C@H](C)NC(=O)[C@H]1COC2(CCC(C)CC2)N1C(=O)c1cccs1. The fourth-order valence-corrected chi connectivity index (χ4v) is 4.40. The second kappa shape index (κ2) is 7.46. The van der Waals surface area contributed by atoms with Crippen LogP contribution in [0.4, 0.5) is 0 Å². The first-order chi connectivity index (χ1) is 12.0. The molecule has 5 nitrogen and oxygen atoms in total. The van der Waals surface area contributed by atoms with Gasteiger partial charge in [-0.15, -0.1) is 11.3 Å². The van der Waals surface area contributed by atoms with E-state index in [4.69, 9.17) is 4.74 Å². The van der Waals surface area contributed by atoms with Gasteiger partial charge in [0.05, 0.1) is 11.5 Å². The first-order valence-corrected chi connectivity index (χ1v) is 10.2. The average molecular weight is 365 g/mol. The summed E-state index contributed by atoms with van der Waals surface area (Å²) in [5.41, 5.74) is -0.620. The molecule has 138 valence electrons. The summed E-state index contributed by atoms with van der Waals surface area (Å²) in [7, 11) is 0. The van der Waals surface area contributed by atoms with Gasteiger partial charge in [0.25, 0.3) is 5.91 Å². The number of nitrogens with one attached hydrogen (secondary N) is 1. The van der Waals surface area contributed by atoms with Crippen molar-refractivity contribution in [1.82, 2.24) is 10.2 Å². The highest BCUT2D eigenvalue weighted by Gasteiger charge is 2.53. The van der Waals surface area contributed by atoms with Gasteiger partial charge in [0.1, 0.15) is 11.8 Å². The van der Waals surface area contributed by atoms with Crippen LogP contribution in [0.3, 0.4) is 0 Å². The largest absolute Gasteiger partial charge is 0.353 e. The molecule has 3 rings (SSSR count). The molecule has 0 aromatic carbocycles. The topological polar surface area (TPSA) is 58.6 Å². The van der Waals surface area contributed by atoms with Crippen molar-refractivity contribution in [2.45, 2.75) is 70.7 Å². The second-order valence-electron chi connectivity index (χ2n) is 7.43. The maximum absolute atomic E-state index is 13.2. The highest BCUT2D eigenvalue weighted by molar-refractivity contribution is 7.12. The Labute approximate surface area is 153 Å². The van der Waals surface area contributed by atoms with E-state index >= 15 is 0 Å². The van der Waals surface area contributed by atoms with E-state index in [1.54, 1.807) is 4.90 Å². The Bertz CT molecular complexity index is 608. The molecule has 2 amide bonds. The van der Waals surface area contributed by atoms with E-state index in [1.165, 1.54) is 11.3 Å². The fourth-order valence-electron chi connectivity index (χ4n) is 3.74. The molecule has 1 saturated carbocycles. The third kappa shape index (κ3) is 3.60. The molecule has 0 bridgehead atoms. The number of amides is 2. The van der Waals surface area contributed by atoms with E-state index in [2.05, 4.69) is 12.2 Å². The molecule has 2 heterocycles. The van der Waals surface area contributed by atoms with E-state index in [-0.39, 0.29) is 24.5 Å². The van der Waals surface area contributed by atoms with Crippen molar-refractivity contribution in [3.8, 4) is 0 Å². The van der Waals surface area contributed by atoms with Gasteiger partial charge in [-0.1, -0.05) is 19.9 Å². The molecule has 1 aromatic rings. The minimum absolute atomic E-state index is 0.0774. The second-order valence-corrected chi connectivity index (χ2v) is 8.37. The van der Waals surface area contributed by atoms with Crippen molar-refractivity contribution < 1.29 is 14.3 Å². The zero-order valence-electron chi connectivity index (χ0n) is 15.3. The first-order valence-electron chi connectivity index (χ1n) is 9.28. The quantitative estimate of drug-likeness (QED) is 0.891. The molecule has 1 aliphatic heterocycles. The van der Waals surface area contributed by atoms with Gasteiger partial charge in [0.2, 0.25) is 5.91 Å². The molecule has 1 N–H and O–H groups in total. The Kier molecular flexibility index (Phi) is 5.49. The Morgan fingerprint density at radius 3 is 2.76 bits per heavy atom. The van der Waals surface area contributed by atoms with Crippen LogP contribution in [0.25, 0.3) is 0 Å². The molecule has 1 spiro atoms. The van der Waals surface area contributed by atoms with Crippen molar-refractivity contribution >= 4 is 23.2 Å². The van der Waals surface area contributed by atoms with Crippen molar-refractivity contribution in [3.63, 3.8) is 0 Å². The molecule has 6 heteroatoms. The summed E-state index contributed by atoms with van der Waals surface area (Å²) in [6.07, 6.45) is 4.51. The summed E-state index contributed by atoms with van der Waals surface area (Å²) in [6.45, 7) is 6.54. The zero-order valence-corrected chi connectivity index (χ0v) is 16.1. The number of thiophene rings is 1. The molecule has 0 unspecified atom stereocenters. The maximum atomic E-state index is 13.2. The van der Waals surface area contributed by atoms with Crippen LogP contribution in [0.2, 0.25) is 0 Å². The standard InChI is InChI=1S/C19H28N2O3S/c1-4-14(3)20-17(22)15-12-24-19(9-7-13(2)8-10-19)21(15)18(23)16-6-5-11-25-16/h5-6,11,13-15H,4,7-10,12H2,1-3H3,(H,20,22)/t13?,14-,15+,19?/m0/s1. The van der Waals surface area contributed by atoms with Crippen LogP contribution in [-0.4, -0.2) is 41.1 Å². The lowest BCUT2D eigenvalue weighted by molar-refractivity contribution is -0.128. The maximum Gasteiger partial charge on any atom is 0.266 e. The number of hydrogen-bond acceptors (Lipinski definition) is 4. The van der Waals surface area contributed by atoms with Crippen LogP contribution >= 0.6 is 11.3 Å². The van der Waals surface area contributed by atoms with Crippen LogP contribution in [0.5, 0.6) is 0 Å². The number of carbonyl (C=O) groups is 2. The number of rotatable bonds is 4. The monoisotopic (exact) mass is 364 g/mol. The summed E-state index contributed by atoms with van der Waals surface area (Å²) in [4.78, 5) is 28.4. The third-order valence-corrected chi connectivity index (χ3v) is 6.43. The number of carbonyl (C=O) groups excluding carboxylic acids is 2. The molecule has 1 aliphatic carbocycles. The van der Waals surface area contributed by atoms with Gasteiger partial charge < -0.3 is 10.1 Å². The summed E-state index contributed by atoms with van der Waals surface area (Å²) in [5.74, 6) is 0.460. The van der Waals surface area contributed by atoms with Crippen LogP contribution in [-0.2, 0) is 9.53 Å². The van der Waals surface area contributed by atoms with E-state index in [0.29, 0.717) is 10.8 Å². The normalized spacial score (nSPS) is 30.4. The van der Waals surface area contributed by atoms with Gasteiger partial charge in [0.15, 0.2) is 0 Å². The number of nitrogens with zero attached hydrogens (tertiary/aromatic N) is 1. The molecule has 1 aromatic heterocycles. The van der Waals surface area contributed by atoms with Gasteiger partial charge >= 0.3 is 0 Å². The first kappa shape index (κ1) is 18.4. The van der Waals surface area contributed by atoms with Crippen LogP contribution in [0.1, 0.15) is 62.5 Å². The Balaban J connectivity index is 1.87. The minimum atomic E-state index is -0.620. The van der Waals surface area contributed by atoms with Gasteiger partial charge in [-0.3, -0.25) is 14.5 Å². The van der Waals surface area contributed by atoms with Gasteiger partial charge in [-0.25, -0.2) is 0 Å². The molecule has 2 aliphatic rings. The van der Waals surface area contributed by atoms with E-state index in [9.17, 15) is 9.59 Å². The molecular weight excluding hydrogens is 336 g/mol. The summed E-state index contributed by atoms with van der Waals surface area (Å²) in [5, 5.41) is 4.92. The van der Waals surface area contributed by atoms with Crippen molar-refractivity contribution in [2.75, 3.05) is 6.61 Å². The van der Waals surface area contributed by atoms with E-state index in [0.717, 1.165) is 32.1 Å². The van der Waals surface area contributed by atoms with Gasteiger partial charge in [-0.2, -0.15) is 0 Å². The van der Waals surface area contributed by atoms with Crippen LogP contribution in [0, 0.1) is 5.92 Å². The third-order valence-electron chi connectivity index (χ3n) is 5.57. The Morgan fingerprint density at radius 2 is 2.16 bits per heavy atom. The molecule has 2 atom stereocenters. The van der Waals surface area contributed by atoms with Crippen molar-refractivity contribution in [1.29, 1.82) is 0 Å². The highest BCUT2D eigenvalue weighted by Crippen LogP contribution is 2.43. The predicted molar refractivity (Wildman–Crippen MR) is 98.5 cm³/mol. The van der Waals surface area contributed by atoms with E-state index in [1.807, 2.05) is 31.4 Å². The summed E-state index contributed by atoms with van der Waals surface area (Å²) in [6, 6.07) is 3.25. The molecule has 1 saturated heterocycles. The van der Waals surface area contributed by atoms with Crippen molar-refractivity contribution in [2.24, 2.45) is 5.92 Å². The Morgan fingerprint density at radius 1 is 1.44 bits per heavy atom. The van der Waals surface area contributed by atoms with Crippen LogP contribution < -0.4 is 5.32 Å². The lowest BCUT2D eigenvalue weighted by atomic mass is 9.83. The molecule has 2 fully saturated rings. The fraction of sp³-hybridized carbons (Fsp3) is 0.684. The highest BCUT2D eigenvalue weighted by atomic mass is 32.1. The van der Waals surface area contributed by atoms with E-state index < -0.39 is 11.8 Å². The average Bonchev–Trinajstić information content (AvgIpc) is 3.25. The molecule has 25 heavy (non-hydrogen) atoms. The van der Waals surface area contributed by atoms with Gasteiger partial charge in [-0.05, 0) is 56.4 Å². The lowest BCUT2D eigenvalue weighted by Crippen LogP contribution is -2.57. The zero-order chi connectivity index (χ0) is 18.0. The summed E-state index contributed by atoms with van der Waals surface area (Å²) >= 11 is 1.42. The lowest BCUT2D eigenvalue weighted by Gasteiger charge is -2.42. The molecule has 0 radical (unpaired) electrons. The smallest absolute Gasteiger partial charge is 0.266 e. The van der Waals surface area contributed by atoms with Gasteiger partial charge in [0, 0.05) is 6.04 Å². The number of hydrogen-bond donors (Lipinski definition) is 1. The number of ether oxygens (including phenoxy) is 1. The van der Waals surface area contributed by atoms with Crippen molar-refractivity contribution in [3.05, 3.63) is 22.4 Å². The summed E-state index contributed by atoms with van der Waals surface area (Å²) < 4.78 is 6.16. The predicted octanol–water partition coefficient (Wildman–Crippen LogP) is 3.41. The minimum Gasteiger partial charge on any atom is -0.353 e.